The summed E-state index contributed by atoms with van der Waals surface area (Å²) in [6, 6.07) is 5.61. The molecule has 0 aliphatic rings. The number of halogens is 1. The van der Waals surface area contributed by atoms with E-state index in [1.807, 2.05) is 25.2 Å². The third kappa shape index (κ3) is 6.12. The molecule has 1 aromatic rings. The van der Waals surface area contributed by atoms with Gasteiger partial charge in [0.2, 0.25) is 5.91 Å². The van der Waals surface area contributed by atoms with Crippen LogP contribution in [-0.2, 0) is 11.3 Å². The van der Waals surface area contributed by atoms with Crippen molar-refractivity contribution in [2.24, 2.45) is 0 Å². The first-order valence-corrected chi connectivity index (χ1v) is 6.33. The number of carbonyl (C=O) groups is 1. The molecule has 1 aromatic carbocycles. The summed E-state index contributed by atoms with van der Waals surface area (Å²) in [7, 11) is 5.07. The predicted octanol–water partition coefficient (Wildman–Crippen LogP) is 1.74. The Hall–Kier alpha value is -1.46. The van der Waals surface area contributed by atoms with Crippen molar-refractivity contribution < 1.29 is 14.3 Å². The molecule has 0 saturated carbocycles. The van der Waals surface area contributed by atoms with Crippen LogP contribution in [0.3, 0.4) is 0 Å². The standard InChI is InChI=1S/C14H22N2O3.ClH/c1-15-8-4-5-14(17)16-10-11-6-7-12(18-2)13(9-11)19-3;/h6-7,9,15H,4-5,8,10H2,1-3H3,(H,16,17);1H. The number of carbonyl (C=O) groups excluding carboxylic acids is 1. The van der Waals surface area contributed by atoms with Crippen LogP contribution in [0.5, 0.6) is 11.5 Å². The van der Waals surface area contributed by atoms with E-state index in [0.29, 0.717) is 24.5 Å². The Labute approximate surface area is 126 Å². The van der Waals surface area contributed by atoms with E-state index in [9.17, 15) is 4.79 Å². The van der Waals surface area contributed by atoms with Crippen molar-refractivity contribution in [3.05, 3.63) is 23.8 Å². The molecule has 2 N–H and O–H groups in total. The molecule has 1 rings (SSSR count). The number of benzene rings is 1. The van der Waals surface area contributed by atoms with Crippen LogP contribution in [0.1, 0.15) is 18.4 Å². The molecule has 0 unspecified atom stereocenters. The van der Waals surface area contributed by atoms with Crippen molar-refractivity contribution in [3.63, 3.8) is 0 Å². The minimum atomic E-state index is 0. The van der Waals surface area contributed by atoms with E-state index in [4.69, 9.17) is 9.47 Å². The molecule has 20 heavy (non-hydrogen) atoms. The van der Waals surface area contributed by atoms with Gasteiger partial charge in [0, 0.05) is 13.0 Å². The van der Waals surface area contributed by atoms with Gasteiger partial charge in [-0.1, -0.05) is 6.07 Å². The Morgan fingerprint density at radius 1 is 1.20 bits per heavy atom. The molecule has 0 aliphatic carbocycles. The minimum Gasteiger partial charge on any atom is -0.493 e. The maximum Gasteiger partial charge on any atom is 0.220 e. The zero-order chi connectivity index (χ0) is 14.1. The van der Waals surface area contributed by atoms with Gasteiger partial charge in [0.1, 0.15) is 0 Å². The van der Waals surface area contributed by atoms with Crippen molar-refractivity contribution in [1.29, 1.82) is 0 Å². The summed E-state index contributed by atoms with van der Waals surface area (Å²) in [5, 5.41) is 5.90. The molecule has 0 fully saturated rings. The van der Waals surface area contributed by atoms with Crippen molar-refractivity contribution >= 4 is 18.3 Å². The maximum absolute atomic E-state index is 11.6. The highest BCUT2D eigenvalue weighted by molar-refractivity contribution is 5.85. The number of ether oxygens (including phenoxy) is 2. The van der Waals surface area contributed by atoms with Gasteiger partial charge in [0.15, 0.2) is 11.5 Å². The number of nitrogens with one attached hydrogen (secondary N) is 2. The summed E-state index contributed by atoms with van der Waals surface area (Å²) in [5.41, 5.74) is 0.986. The zero-order valence-electron chi connectivity index (χ0n) is 12.2. The Morgan fingerprint density at radius 3 is 2.50 bits per heavy atom. The molecule has 0 aliphatic heterocycles. The van der Waals surface area contributed by atoms with Crippen LogP contribution in [0.15, 0.2) is 18.2 Å². The zero-order valence-corrected chi connectivity index (χ0v) is 13.0. The Bertz CT molecular complexity index is 413. The molecule has 114 valence electrons. The largest absolute Gasteiger partial charge is 0.493 e. The highest BCUT2D eigenvalue weighted by Gasteiger charge is 2.06. The van der Waals surface area contributed by atoms with E-state index in [0.717, 1.165) is 18.5 Å². The van der Waals surface area contributed by atoms with Gasteiger partial charge in [-0.2, -0.15) is 0 Å². The first-order valence-electron chi connectivity index (χ1n) is 6.33. The maximum atomic E-state index is 11.6. The topological polar surface area (TPSA) is 59.6 Å². The summed E-state index contributed by atoms with van der Waals surface area (Å²) in [4.78, 5) is 11.6. The predicted molar refractivity (Wildman–Crippen MR) is 81.8 cm³/mol. The van der Waals surface area contributed by atoms with E-state index in [2.05, 4.69) is 10.6 Å². The van der Waals surface area contributed by atoms with Crippen molar-refractivity contribution in [2.75, 3.05) is 27.8 Å². The molecule has 0 radical (unpaired) electrons. The normalized spacial score (nSPS) is 9.55. The van der Waals surface area contributed by atoms with Crippen LogP contribution < -0.4 is 20.1 Å². The fourth-order valence-electron chi connectivity index (χ4n) is 1.71. The molecule has 1 amide bonds. The fraction of sp³-hybridized carbons (Fsp3) is 0.500. The Kier molecular flexibility index (Phi) is 9.59. The van der Waals surface area contributed by atoms with Crippen LogP contribution in [0.2, 0.25) is 0 Å². The van der Waals surface area contributed by atoms with Gasteiger partial charge in [-0.25, -0.2) is 0 Å². The monoisotopic (exact) mass is 302 g/mol. The second-order valence-electron chi connectivity index (χ2n) is 4.17. The lowest BCUT2D eigenvalue weighted by Crippen LogP contribution is -2.23. The van der Waals surface area contributed by atoms with Crippen LogP contribution in [0, 0.1) is 0 Å². The van der Waals surface area contributed by atoms with Gasteiger partial charge >= 0.3 is 0 Å². The van der Waals surface area contributed by atoms with Crippen molar-refractivity contribution in [1.82, 2.24) is 10.6 Å². The number of hydrogen-bond donors (Lipinski definition) is 2. The molecular weight excluding hydrogens is 280 g/mol. The third-order valence-corrected chi connectivity index (χ3v) is 2.77. The van der Waals surface area contributed by atoms with Crippen molar-refractivity contribution in [2.45, 2.75) is 19.4 Å². The average Bonchev–Trinajstić information content (AvgIpc) is 2.45. The Morgan fingerprint density at radius 2 is 1.90 bits per heavy atom. The van der Waals surface area contributed by atoms with Crippen LogP contribution in [0.25, 0.3) is 0 Å². The van der Waals surface area contributed by atoms with Gasteiger partial charge in [0.05, 0.1) is 14.2 Å². The highest BCUT2D eigenvalue weighted by atomic mass is 35.5. The second-order valence-corrected chi connectivity index (χ2v) is 4.17. The van der Waals surface area contributed by atoms with Crippen LogP contribution >= 0.6 is 12.4 Å². The third-order valence-electron chi connectivity index (χ3n) is 2.77. The number of rotatable bonds is 8. The lowest BCUT2D eigenvalue weighted by Gasteiger charge is -2.10. The van der Waals surface area contributed by atoms with Gasteiger partial charge in [-0.15, -0.1) is 12.4 Å². The lowest BCUT2D eigenvalue weighted by atomic mass is 10.2. The summed E-state index contributed by atoms with van der Waals surface area (Å²) >= 11 is 0. The van der Waals surface area contributed by atoms with Crippen molar-refractivity contribution in [3.8, 4) is 11.5 Å². The van der Waals surface area contributed by atoms with E-state index in [-0.39, 0.29) is 18.3 Å². The first kappa shape index (κ1) is 18.5. The highest BCUT2D eigenvalue weighted by Crippen LogP contribution is 2.27. The summed E-state index contributed by atoms with van der Waals surface area (Å²) in [6.45, 7) is 1.35. The van der Waals surface area contributed by atoms with Gasteiger partial charge in [-0.05, 0) is 37.7 Å². The molecule has 6 heteroatoms. The van der Waals surface area contributed by atoms with E-state index in [1.165, 1.54) is 0 Å². The number of methoxy groups -OCH3 is 2. The van der Waals surface area contributed by atoms with E-state index >= 15 is 0 Å². The summed E-state index contributed by atoms with van der Waals surface area (Å²) in [5.74, 6) is 1.42. The van der Waals surface area contributed by atoms with E-state index < -0.39 is 0 Å². The molecule has 0 bridgehead atoms. The molecule has 5 nitrogen and oxygen atoms in total. The van der Waals surface area contributed by atoms with Gasteiger partial charge in [0.25, 0.3) is 0 Å². The number of hydrogen-bond acceptors (Lipinski definition) is 4. The van der Waals surface area contributed by atoms with Gasteiger partial charge in [-0.3, -0.25) is 4.79 Å². The van der Waals surface area contributed by atoms with Crippen LogP contribution in [-0.4, -0.2) is 33.7 Å². The number of amides is 1. The molecule has 0 spiro atoms. The first-order chi connectivity index (χ1) is 9.21. The van der Waals surface area contributed by atoms with Crippen LogP contribution in [0.4, 0.5) is 0 Å². The molecular formula is C14H23ClN2O3. The fourth-order valence-corrected chi connectivity index (χ4v) is 1.71. The Balaban J connectivity index is 0.00000361. The SMILES string of the molecule is CNCCCC(=O)NCc1ccc(OC)c(OC)c1.Cl. The summed E-state index contributed by atoms with van der Waals surface area (Å²) in [6.07, 6.45) is 1.38. The second kappa shape index (κ2) is 10.3. The quantitative estimate of drug-likeness (QED) is 0.718. The van der Waals surface area contributed by atoms with Gasteiger partial charge < -0.3 is 20.1 Å². The minimum absolute atomic E-state index is 0. The average molecular weight is 303 g/mol. The molecule has 0 atom stereocenters. The van der Waals surface area contributed by atoms with E-state index in [1.54, 1.807) is 14.2 Å². The molecule has 0 saturated heterocycles. The lowest BCUT2D eigenvalue weighted by molar-refractivity contribution is -0.121. The molecule has 0 aromatic heterocycles. The summed E-state index contributed by atoms with van der Waals surface area (Å²) < 4.78 is 10.4. The molecule has 0 heterocycles. The smallest absolute Gasteiger partial charge is 0.220 e.